The number of aromatic nitrogens is 2. The maximum absolute atomic E-state index is 12.7. The van der Waals surface area contributed by atoms with Crippen LogP contribution in [0.15, 0.2) is 41.3 Å². The lowest BCUT2D eigenvalue weighted by Gasteiger charge is -2.37. The number of nitrogens with two attached hydrogens (primary N) is 2. The minimum atomic E-state index is -0.945. The fourth-order valence-electron chi connectivity index (χ4n) is 6.24. The highest BCUT2D eigenvalue weighted by Crippen LogP contribution is 2.56. The van der Waals surface area contributed by atoms with Crippen molar-refractivity contribution < 1.29 is 9.59 Å². The zero-order chi connectivity index (χ0) is 28.1. The van der Waals surface area contributed by atoms with E-state index in [1.54, 1.807) is 35.9 Å². The molecule has 0 unspecified atom stereocenters. The van der Waals surface area contributed by atoms with Crippen LogP contribution in [0, 0.1) is 17.8 Å². The lowest BCUT2D eigenvalue weighted by atomic mass is 9.96. The topological polar surface area (TPSA) is 143 Å². The predicted molar refractivity (Wildman–Crippen MR) is 149 cm³/mol. The van der Waals surface area contributed by atoms with Gasteiger partial charge >= 0.3 is 11.7 Å². The number of nitrogens with zero attached hydrogens (tertiary/aromatic N) is 5. The number of rotatable bonds is 6. The van der Waals surface area contributed by atoms with Gasteiger partial charge in [-0.05, 0) is 69.2 Å². The standard InChI is InChI=1S/C28H40N8O3/c1-27(2,29)23-20-16-33(17-21(20)23)15-18-5-7-19(8-6-18)36-10-9-22(32-26(36)39)31-25(38)35-13-11-34(12-14-35)24(37)28(3,4)30/h5-10,20-21,23H,11-17,29-30H2,1-4H3,(H,31,32,38,39)/t20-,21+,23+. The first kappa shape index (κ1) is 27.3. The number of benzene rings is 1. The molecular formula is C28H40N8O3. The van der Waals surface area contributed by atoms with Crippen molar-refractivity contribution in [1.29, 1.82) is 0 Å². The van der Waals surface area contributed by atoms with Crippen LogP contribution in [-0.4, -0.2) is 86.5 Å². The van der Waals surface area contributed by atoms with Crippen LogP contribution < -0.4 is 22.5 Å². The van der Waals surface area contributed by atoms with E-state index in [1.165, 1.54) is 10.1 Å². The van der Waals surface area contributed by atoms with E-state index in [4.69, 9.17) is 11.5 Å². The first-order chi connectivity index (χ1) is 18.3. The van der Waals surface area contributed by atoms with Crippen LogP contribution in [-0.2, 0) is 11.3 Å². The number of fused-ring (bicyclic) bond motifs is 1. The first-order valence-electron chi connectivity index (χ1n) is 13.7. The third-order valence-corrected chi connectivity index (χ3v) is 8.19. The molecule has 11 heteroatoms. The molecule has 210 valence electrons. The Bertz CT molecular complexity index is 1270. The van der Waals surface area contributed by atoms with Gasteiger partial charge in [0.05, 0.1) is 11.2 Å². The van der Waals surface area contributed by atoms with Crippen LogP contribution in [0.2, 0.25) is 0 Å². The van der Waals surface area contributed by atoms with Gasteiger partial charge in [-0.3, -0.25) is 19.6 Å². The molecule has 5 N–H and O–H groups in total. The van der Waals surface area contributed by atoms with Crippen molar-refractivity contribution in [3.8, 4) is 5.69 Å². The predicted octanol–water partition coefficient (Wildman–Crippen LogP) is 1.06. The van der Waals surface area contributed by atoms with E-state index in [2.05, 4.69) is 29.0 Å². The molecule has 2 saturated heterocycles. The zero-order valence-electron chi connectivity index (χ0n) is 23.3. The second-order valence-electron chi connectivity index (χ2n) is 12.4. The summed E-state index contributed by atoms with van der Waals surface area (Å²) in [6, 6.07) is 9.18. The second kappa shape index (κ2) is 10.0. The van der Waals surface area contributed by atoms with Crippen molar-refractivity contribution in [2.45, 2.75) is 45.3 Å². The van der Waals surface area contributed by atoms with E-state index in [-0.39, 0.29) is 23.3 Å². The van der Waals surface area contributed by atoms with Crippen LogP contribution in [0.25, 0.3) is 5.69 Å². The number of piperidine rings is 1. The molecule has 3 heterocycles. The van der Waals surface area contributed by atoms with Crippen LogP contribution >= 0.6 is 0 Å². The fraction of sp³-hybridized carbons (Fsp3) is 0.571. The molecule has 1 aliphatic carbocycles. The number of nitrogens with one attached hydrogen (secondary N) is 1. The molecule has 39 heavy (non-hydrogen) atoms. The van der Waals surface area contributed by atoms with Crippen molar-refractivity contribution in [3.63, 3.8) is 0 Å². The van der Waals surface area contributed by atoms with E-state index in [1.807, 2.05) is 24.3 Å². The molecule has 1 aromatic heterocycles. The lowest BCUT2D eigenvalue weighted by molar-refractivity contribution is -0.137. The maximum atomic E-state index is 12.7. The molecule has 1 aromatic carbocycles. The normalized spacial score (nSPS) is 23.5. The number of amides is 3. The Kier molecular flexibility index (Phi) is 7.02. The van der Waals surface area contributed by atoms with Crippen LogP contribution in [0.4, 0.5) is 10.6 Å². The monoisotopic (exact) mass is 536 g/mol. The van der Waals surface area contributed by atoms with Gasteiger partial charge in [0.2, 0.25) is 5.91 Å². The summed E-state index contributed by atoms with van der Waals surface area (Å²) in [5.74, 6) is 2.10. The largest absolute Gasteiger partial charge is 0.354 e. The number of urea groups is 1. The molecule has 0 spiro atoms. The Morgan fingerprint density at radius 3 is 2.08 bits per heavy atom. The molecule has 3 amide bonds. The number of hydrogen-bond donors (Lipinski definition) is 3. The molecule has 5 rings (SSSR count). The number of piperazine rings is 1. The molecular weight excluding hydrogens is 496 g/mol. The molecule has 2 aliphatic heterocycles. The maximum Gasteiger partial charge on any atom is 0.354 e. The summed E-state index contributed by atoms with van der Waals surface area (Å²) in [4.78, 5) is 47.6. The average molecular weight is 537 g/mol. The minimum absolute atomic E-state index is 0.0953. The van der Waals surface area contributed by atoms with E-state index in [9.17, 15) is 14.4 Å². The van der Waals surface area contributed by atoms with Crippen LogP contribution in [0.3, 0.4) is 0 Å². The summed E-state index contributed by atoms with van der Waals surface area (Å²) in [5, 5.41) is 2.70. The molecule has 0 bridgehead atoms. The highest BCUT2D eigenvalue weighted by atomic mass is 16.2. The molecule has 1 saturated carbocycles. The van der Waals surface area contributed by atoms with Crippen molar-refractivity contribution in [2.75, 3.05) is 44.6 Å². The van der Waals surface area contributed by atoms with Crippen LogP contribution in [0.1, 0.15) is 33.3 Å². The minimum Gasteiger partial charge on any atom is -0.338 e. The van der Waals surface area contributed by atoms with Gasteiger partial charge in [-0.15, -0.1) is 0 Å². The van der Waals surface area contributed by atoms with Gasteiger partial charge in [0.25, 0.3) is 0 Å². The average Bonchev–Trinajstić information content (AvgIpc) is 3.41. The second-order valence-corrected chi connectivity index (χ2v) is 12.4. The zero-order valence-corrected chi connectivity index (χ0v) is 23.3. The number of carbonyl (C=O) groups excluding carboxylic acids is 2. The molecule has 3 atom stereocenters. The Labute approximate surface area is 229 Å². The number of hydrogen-bond acceptors (Lipinski definition) is 7. The molecule has 0 radical (unpaired) electrons. The molecule has 3 fully saturated rings. The van der Waals surface area contributed by atoms with Gasteiger partial charge < -0.3 is 21.3 Å². The van der Waals surface area contributed by atoms with Crippen molar-refractivity contribution >= 4 is 17.8 Å². The first-order valence-corrected chi connectivity index (χ1v) is 13.7. The Morgan fingerprint density at radius 1 is 0.949 bits per heavy atom. The molecule has 2 aromatic rings. The smallest absolute Gasteiger partial charge is 0.338 e. The summed E-state index contributed by atoms with van der Waals surface area (Å²) in [7, 11) is 0. The van der Waals surface area contributed by atoms with E-state index < -0.39 is 11.2 Å². The summed E-state index contributed by atoms with van der Waals surface area (Å²) in [5.41, 5.74) is 12.6. The van der Waals surface area contributed by atoms with E-state index >= 15 is 0 Å². The van der Waals surface area contributed by atoms with E-state index in [0.29, 0.717) is 49.6 Å². The Morgan fingerprint density at radius 2 is 1.54 bits per heavy atom. The quantitative estimate of drug-likeness (QED) is 0.501. The van der Waals surface area contributed by atoms with Crippen molar-refractivity contribution in [3.05, 3.63) is 52.6 Å². The summed E-state index contributed by atoms with van der Waals surface area (Å²) < 4.78 is 1.46. The van der Waals surface area contributed by atoms with Gasteiger partial charge in [-0.1, -0.05) is 12.1 Å². The Balaban J connectivity index is 1.13. The van der Waals surface area contributed by atoms with Crippen molar-refractivity contribution in [2.24, 2.45) is 29.2 Å². The van der Waals surface area contributed by atoms with Gasteiger partial charge in [-0.25, -0.2) is 9.59 Å². The SMILES string of the molecule is CC(C)(N)C(=O)N1CCN(C(=O)Nc2ccn(-c3ccc(CN4C[C@@H]5[C@H](C4)[C@H]5C(C)(C)N)cc3)c(=O)n2)CC1. The molecule has 3 aliphatic rings. The third-order valence-electron chi connectivity index (χ3n) is 8.19. The number of anilines is 1. The lowest BCUT2D eigenvalue weighted by Crippen LogP contribution is -2.58. The number of likely N-dealkylation sites (tertiary alicyclic amines) is 1. The number of carbonyl (C=O) groups is 2. The van der Waals surface area contributed by atoms with Gasteiger partial charge in [0, 0.05) is 57.5 Å². The Hall–Kier alpha value is -3.28. The third kappa shape index (κ3) is 5.85. The van der Waals surface area contributed by atoms with Crippen LogP contribution in [0.5, 0.6) is 0 Å². The summed E-state index contributed by atoms with van der Waals surface area (Å²) >= 11 is 0. The fourth-order valence-corrected chi connectivity index (χ4v) is 6.24. The highest BCUT2D eigenvalue weighted by Gasteiger charge is 2.60. The molecule has 11 nitrogen and oxygen atoms in total. The van der Waals surface area contributed by atoms with Gasteiger partial charge in [0.15, 0.2) is 0 Å². The highest BCUT2D eigenvalue weighted by molar-refractivity contribution is 5.89. The van der Waals surface area contributed by atoms with Gasteiger partial charge in [-0.2, -0.15) is 4.98 Å². The summed E-state index contributed by atoms with van der Waals surface area (Å²) in [6.45, 7) is 12.2. The summed E-state index contributed by atoms with van der Waals surface area (Å²) in [6.07, 6.45) is 1.61. The van der Waals surface area contributed by atoms with Gasteiger partial charge in [0.1, 0.15) is 5.82 Å². The van der Waals surface area contributed by atoms with Crippen molar-refractivity contribution in [1.82, 2.24) is 24.3 Å². The van der Waals surface area contributed by atoms with E-state index in [0.717, 1.165) is 19.6 Å².